The molecular weight excluding hydrogens is 304 g/mol. The lowest BCUT2D eigenvalue weighted by atomic mass is 10.1. The van der Waals surface area contributed by atoms with E-state index in [1.54, 1.807) is 6.92 Å². The van der Waals surface area contributed by atoms with Gasteiger partial charge in [-0.2, -0.15) is 5.10 Å². The predicted octanol–water partition coefficient (Wildman–Crippen LogP) is 2.21. The van der Waals surface area contributed by atoms with E-state index >= 15 is 0 Å². The normalized spacial score (nSPS) is 19.7. The number of nitrogens with zero attached hydrogens (tertiary/aromatic N) is 1. The third kappa shape index (κ3) is 2.57. The molecule has 4 N–H and O–H groups in total. The van der Waals surface area contributed by atoms with Gasteiger partial charge in [0.05, 0.1) is 11.4 Å². The second kappa shape index (κ2) is 5.46. The average molecular weight is 319 g/mol. The van der Waals surface area contributed by atoms with Crippen molar-refractivity contribution in [3.8, 4) is 0 Å². The summed E-state index contributed by atoms with van der Waals surface area (Å²) in [5.74, 6) is -0.886. The molecule has 2 amide bonds. The van der Waals surface area contributed by atoms with E-state index in [2.05, 4.69) is 15.5 Å². The lowest BCUT2D eigenvalue weighted by molar-refractivity contribution is -0.117. The van der Waals surface area contributed by atoms with Crippen molar-refractivity contribution in [3.05, 3.63) is 46.2 Å². The Hall–Kier alpha value is -2.34. The fraction of sp³-hybridized carbons (Fsp3) is 0.267. The number of anilines is 1. The Labute approximate surface area is 132 Å². The fourth-order valence-electron chi connectivity index (χ4n) is 2.58. The number of H-pyrrole nitrogens is 1. The molecule has 0 saturated heterocycles. The van der Waals surface area contributed by atoms with Crippen molar-refractivity contribution in [3.63, 3.8) is 0 Å². The maximum absolute atomic E-state index is 12.3. The first-order valence-corrected chi connectivity index (χ1v) is 7.27. The van der Waals surface area contributed by atoms with Crippen LogP contribution >= 0.6 is 11.6 Å². The molecule has 1 aromatic carbocycles. The SMILES string of the molecule is Cc1[nH]nc(C(N)=O)c1NC(=O)C1CC1c1ccccc1Cl. The number of hydrogen-bond donors (Lipinski definition) is 3. The van der Waals surface area contributed by atoms with E-state index in [9.17, 15) is 9.59 Å². The van der Waals surface area contributed by atoms with Crippen molar-refractivity contribution in [2.24, 2.45) is 11.7 Å². The minimum absolute atomic E-state index is 0.0424. The first-order chi connectivity index (χ1) is 10.5. The van der Waals surface area contributed by atoms with Gasteiger partial charge in [0.25, 0.3) is 5.91 Å². The predicted molar refractivity (Wildman–Crippen MR) is 82.8 cm³/mol. The van der Waals surface area contributed by atoms with Crippen LogP contribution in [0.3, 0.4) is 0 Å². The molecule has 0 bridgehead atoms. The summed E-state index contributed by atoms with van der Waals surface area (Å²) in [4.78, 5) is 23.7. The number of rotatable bonds is 4. The highest BCUT2D eigenvalue weighted by atomic mass is 35.5. The Kier molecular flexibility index (Phi) is 3.62. The summed E-state index contributed by atoms with van der Waals surface area (Å²) in [6.45, 7) is 1.72. The van der Waals surface area contributed by atoms with E-state index in [-0.39, 0.29) is 23.4 Å². The van der Waals surface area contributed by atoms with Gasteiger partial charge < -0.3 is 11.1 Å². The van der Waals surface area contributed by atoms with E-state index in [1.165, 1.54) is 0 Å². The molecule has 7 heteroatoms. The number of aromatic nitrogens is 2. The smallest absolute Gasteiger partial charge is 0.271 e. The van der Waals surface area contributed by atoms with Crippen molar-refractivity contribution in [1.82, 2.24) is 10.2 Å². The molecule has 114 valence electrons. The van der Waals surface area contributed by atoms with Gasteiger partial charge >= 0.3 is 0 Å². The minimum Gasteiger partial charge on any atom is -0.364 e. The van der Waals surface area contributed by atoms with E-state index in [1.807, 2.05) is 24.3 Å². The Balaban J connectivity index is 1.74. The Morgan fingerprint density at radius 3 is 2.82 bits per heavy atom. The molecule has 6 nitrogen and oxygen atoms in total. The molecular formula is C15H15ClN4O2. The van der Waals surface area contributed by atoms with Crippen molar-refractivity contribution in [1.29, 1.82) is 0 Å². The number of aromatic amines is 1. The molecule has 1 fully saturated rings. The second-order valence-electron chi connectivity index (χ2n) is 5.40. The zero-order valence-corrected chi connectivity index (χ0v) is 12.6. The summed E-state index contributed by atoms with van der Waals surface area (Å²) in [6, 6.07) is 7.50. The first kappa shape index (κ1) is 14.6. The minimum atomic E-state index is -0.682. The van der Waals surface area contributed by atoms with Crippen LogP contribution in [0.15, 0.2) is 24.3 Å². The van der Waals surface area contributed by atoms with E-state index < -0.39 is 5.91 Å². The number of hydrogen-bond acceptors (Lipinski definition) is 3. The summed E-state index contributed by atoms with van der Waals surface area (Å²) in [5.41, 5.74) is 7.21. The highest BCUT2D eigenvalue weighted by molar-refractivity contribution is 6.31. The van der Waals surface area contributed by atoms with Crippen LogP contribution in [0.2, 0.25) is 5.02 Å². The molecule has 2 aromatic rings. The number of primary amides is 1. The molecule has 1 heterocycles. The summed E-state index contributed by atoms with van der Waals surface area (Å²) in [6.07, 6.45) is 0.734. The lowest BCUT2D eigenvalue weighted by Crippen LogP contribution is -2.19. The van der Waals surface area contributed by atoms with Crippen LogP contribution in [-0.4, -0.2) is 22.0 Å². The summed E-state index contributed by atoms with van der Waals surface area (Å²) < 4.78 is 0. The topological polar surface area (TPSA) is 101 Å². The highest BCUT2D eigenvalue weighted by Crippen LogP contribution is 2.50. The number of nitrogens with two attached hydrogens (primary N) is 1. The average Bonchev–Trinajstić information content (AvgIpc) is 3.19. The molecule has 3 rings (SSSR count). The van der Waals surface area contributed by atoms with Gasteiger partial charge in [-0.25, -0.2) is 0 Å². The van der Waals surface area contributed by atoms with Gasteiger partial charge in [-0.3, -0.25) is 14.7 Å². The standard InChI is InChI=1S/C15H15ClN4O2/c1-7-12(13(14(17)21)20-19-7)18-15(22)10-6-9(10)8-4-2-3-5-11(8)16/h2-5,9-10H,6H2,1H3,(H2,17,21)(H,18,22)(H,19,20). The monoisotopic (exact) mass is 318 g/mol. The maximum atomic E-state index is 12.3. The Morgan fingerprint density at radius 1 is 1.41 bits per heavy atom. The van der Waals surface area contributed by atoms with Crippen molar-refractivity contribution < 1.29 is 9.59 Å². The largest absolute Gasteiger partial charge is 0.364 e. The summed E-state index contributed by atoms with van der Waals surface area (Å²) >= 11 is 6.16. The van der Waals surface area contributed by atoms with Gasteiger partial charge in [0.1, 0.15) is 0 Å². The van der Waals surface area contributed by atoms with Crippen LogP contribution in [0.25, 0.3) is 0 Å². The molecule has 0 aliphatic heterocycles. The van der Waals surface area contributed by atoms with Gasteiger partial charge in [0.15, 0.2) is 5.69 Å². The number of nitrogens with one attached hydrogen (secondary N) is 2. The summed E-state index contributed by atoms with van der Waals surface area (Å²) in [5, 5.41) is 9.86. The van der Waals surface area contributed by atoms with E-state index in [0.29, 0.717) is 16.4 Å². The molecule has 1 saturated carbocycles. The second-order valence-corrected chi connectivity index (χ2v) is 5.80. The van der Waals surface area contributed by atoms with Crippen LogP contribution in [0, 0.1) is 12.8 Å². The molecule has 22 heavy (non-hydrogen) atoms. The van der Waals surface area contributed by atoms with Gasteiger partial charge in [-0.15, -0.1) is 0 Å². The number of halogens is 1. The van der Waals surface area contributed by atoms with Gasteiger partial charge in [-0.05, 0) is 30.9 Å². The van der Waals surface area contributed by atoms with Crippen molar-refractivity contribution in [2.75, 3.05) is 5.32 Å². The van der Waals surface area contributed by atoms with Crippen LogP contribution in [0.5, 0.6) is 0 Å². The van der Waals surface area contributed by atoms with Gasteiger partial charge in [-0.1, -0.05) is 29.8 Å². The lowest BCUT2D eigenvalue weighted by Gasteiger charge is -2.06. The Bertz CT molecular complexity index is 756. The molecule has 2 unspecified atom stereocenters. The quantitative estimate of drug-likeness (QED) is 0.805. The third-order valence-corrected chi connectivity index (χ3v) is 4.20. The number of carbonyl (C=O) groups is 2. The zero-order chi connectivity index (χ0) is 15.9. The molecule has 2 atom stereocenters. The van der Waals surface area contributed by atoms with E-state index in [4.69, 9.17) is 17.3 Å². The third-order valence-electron chi connectivity index (χ3n) is 3.86. The molecule has 0 spiro atoms. The van der Waals surface area contributed by atoms with Crippen LogP contribution in [0.4, 0.5) is 5.69 Å². The number of amides is 2. The van der Waals surface area contributed by atoms with Crippen molar-refractivity contribution in [2.45, 2.75) is 19.3 Å². The highest BCUT2D eigenvalue weighted by Gasteiger charge is 2.45. The molecule has 1 aromatic heterocycles. The first-order valence-electron chi connectivity index (χ1n) is 6.89. The fourth-order valence-corrected chi connectivity index (χ4v) is 2.86. The zero-order valence-electron chi connectivity index (χ0n) is 11.9. The summed E-state index contributed by atoms with van der Waals surface area (Å²) in [7, 11) is 0. The van der Waals surface area contributed by atoms with Crippen molar-refractivity contribution >= 4 is 29.1 Å². The molecule has 1 aliphatic rings. The van der Waals surface area contributed by atoms with Crippen LogP contribution in [-0.2, 0) is 4.79 Å². The van der Waals surface area contributed by atoms with Gasteiger partial charge in [0.2, 0.25) is 5.91 Å². The van der Waals surface area contributed by atoms with Gasteiger partial charge in [0, 0.05) is 10.9 Å². The van der Waals surface area contributed by atoms with Crippen LogP contribution in [0.1, 0.15) is 34.1 Å². The number of carbonyl (C=O) groups excluding carboxylic acids is 2. The molecule has 1 aliphatic carbocycles. The Morgan fingerprint density at radius 2 is 2.14 bits per heavy atom. The molecule has 0 radical (unpaired) electrons. The maximum Gasteiger partial charge on any atom is 0.271 e. The van der Waals surface area contributed by atoms with Crippen LogP contribution < -0.4 is 11.1 Å². The number of aryl methyl sites for hydroxylation is 1. The number of benzene rings is 1. The van der Waals surface area contributed by atoms with E-state index in [0.717, 1.165) is 12.0 Å².